The van der Waals surface area contributed by atoms with Crippen molar-refractivity contribution in [1.29, 1.82) is 5.26 Å². The van der Waals surface area contributed by atoms with Crippen LogP contribution in [-0.4, -0.2) is 23.4 Å². The Balaban J connectivity index is 2.28. The molecule has 1 saturated carbocycles. The lowest BCUT2D eigenvalue weighted by atomic mass is 10.1. The number of nitrogens with zero attached hydrogens (tertiary/aromatic N) is 2. The second-order valence-corrected chi connectivity index (χ2v) is 5.34. The lowest BCUT2D eigenvalue weighted by molar-refractivity contribution is 0.0709. The van der Waals surface area contributed by atoms with Crippen LogP contribution in [0.2, 0.25) is 5.02 Å². The lowest BCUT2D eigenvalue weighted by Gasteiger charge is -2.27. The van der Waals surface area contributed by atoms with E-state index in [1.54, 1.807) is 11.0 Å². The van der Waals surface area contributed by atoms with Crippen LogP contribution in [0.3, 0.4) is 0 Å². The van der Waals surface area contributed by atoms with Gasteiger partial charge < -0.3 is 4.90 Å². The van der Waals surface area contributed by atoms with Crippen molar-refractivity contribution in [2.24, 2.45) is 0 Å². The third-order valence-electron chi connectivity index (χ3n) is 3.69. The summed E-state index contributed by atoms with van der Waals surface area (Å²) in [5, 5.41) is 9.43. The van der Waals surface area contributed by atoms with Crippen LogP contribution < -0.4 is 0 Å². The maximum Gasteiger partial charge on any atom is 0.256 e. The van der Waals surface area contributed by atoms with Gasteiger partial charge in [-0.3, -0.25) is 4.79 Å². The van der Waals surface area contributed by atoms with Crippen LogP contribution in [0.25, 0.3) is 0 Å². The number of hydrogen-bond donors (Lipinski definition) is 0. The van der Waals surface area contributed by atoms with E-state index in [-0.39, 0.29) is 18.5 Å². The van der Waals surface area contributed by atoms with Gasteiger partial charge in [-0.15, -0.1) is 0 Å². The van der Waals surface area contributed by atoms with Gasteiger partial charge in [0.05, 0.1) is 16.7 Å². The molecule has 1 aromatic rings. The fraction of sp³-hybridized carbons (Fsp3) is 0.467. The highest BCUT2D eigenvalue weighted by Crippen LogP contribution is 2.27. The molecule has 2 rings (SSSR count). The fourth-order valence-corrected chi connectivity index (χ4v) is 2.83. The molecule has 0 radical (unpaired) electrons. The lowest BCUT2D eigenvalue weighted by Crippen LogP contribution is -2.39. The van der Waals surface area contributed by atoms with Crippen LogP contribution in [0, 0.1) is 18.3 Å². The quantitative estimate of drug-likeness (QED) is 0.793. The average molecular weight is 277 g/mol. The van der Waals surface area contributed by atoms with E-state index in [0.717, 1.165) is 31.2 Å². The Morgan fingerprint density at radius 1 is 1.47 bits per heavy atom. The van der Waals surface area contributed by atoms with Crippen LogP contribution in [0.5, 0.6) is 0 Å². The van der Waals surface area contributed by atoms with E-state index >= 15 is 0 Å². The topological polar surface area (TPSA) is 44.1 Å². The fourth-order valence-electron chi connectivity index (χ4n) is 2.63. The zero-order valence-electron chi connectivity index (χ0n) is 11.0. The van der Waals surface area contributed by atoms with Gasteiger partial charge in [0, 0.05) is 6.04 Å². The zero-order valence-corrected chi connectivity index (χ0v) is 11.8. The number of carbonyl (C=O) groups excluding carboxylic acids is 1. The zero-order chi connectivity index (χ0) is 13.8. The largest absolute Gasteiger partial charge is 0.322 e. The summed E-state index contributed by atoms with van der Waals surface area (Å²) in [5.41, 5.74) is 1.39. The monoisotopic (exact) mass is 276 g/mol. The molecule has 100 valence electrons. The first-order chi connectivity index (χ1) is 9.15. The van der Waals surface area contributed by atoms with E-state index in [0.29, 0.717) is 10.6 Å². The third kappa shape index (κ3) is 2.90. The third-order valence-corrected chi connectivity index (χ3v) is 4.19. The molecule has 0 saturated heterocycles. The summed E-state index contributed by atoms with van der Waals surface area (Å²) in [6.45, 7) is 2.01. The van der Waals surface area contributed by atoms with E-state index < -0.39 is 0 Å². The van der Waals surface area contributed by atoms with Crippen molar-refractivity contribution in [3.63, 3.8) is 0 Å². The van der Waals surface area contributed by atoms with Gasteiger partial charge in [-0.2, -0.15) is 5.26 Å². The minimum atomic E-state index is -0.123. The van der Waals surface area contributed by atoms with E-state index in [1.807, 2.05) is 19.1 Å². The number of amides is 1. The molecule has 0 N–H and O–H groups in total. The number of hydrogen-bond acceptors (Lipinski definition) is 2. The number of halogens is 1. The summed E-state index contributed by atoms with van der Waals surface area (Å²) >= 11 is 6.21. The number of benzene rings is 1. The summed E-state index contributed by atoms with van der Waals surface area (Å²) in [6, 6.07) is 7.71. The molecule has 1 aliphatic carbocycles. The summed E-state index contributed by atoms with van der Waals surface area (Å²) < 4.78 is 0. The Kier molecular flexibility index (Phi) is 4.44. The molecule has 1 aliphatic rings. The van der Waals surface area contributed by atoms with Crippen LogP contribution >= 0.6 is 11.6 Å². The van der Waals surface area contributed by atoms with E-state index in [1.165, 1.54) is 0 Å². The molecule has 0 aliphatic heterocycles. The Bertz CT molecular complexity index is 515. The molecule has 0 atom stereocenters. The van der Waals surface area contributed by atoms with Crippen molar-refractivity contribution in [1.82, 2.24) is 4.90 Å². The molecule has 1 fully saturated rings. The first-order valence-corrected chi connectivity index (χ1v) is 6.96. The minimum absolute atomic E-state index is 0.123. The second-order valence-electron chi connectivity index (χ2n) is 4.97. The molecule has 0 bridgehead atoms. The molecule has 19 heavy (non-hydrogen) atoms. The van der Waals surface area contributed by atoms with Crippen LogP contribution in [0.4, 0.5) is 0 Å². The highest BCUT2D eigenvalue weighted by Gasteiger charge is 2.28. The van der Waals surface area contributed by atoms with Crippen LogP contribution in [0.15, 0.2) is 18.2 Å². The summed E-state index contributed by atoms with van der Waals surface area (Å²) in [5.74, 6) is -0.123. The molecule has 0 aromatic heterocycles. The summed E-state index contributed by atoms with van der Waals surface area (Å²) in [4.78, 5) is 14.3. The molecule has 0 unspecified atom stereocenters. The van der Waals surface area contributed by atoms with E-state index in [9.17, 15) is 4.79 Å². The first-order valence-electron chi connectivity index (χ1n) is 6.58. The Hall–Kier alpha value is -1.53. The SMILES string of the molecule is Cc1cccc(C(=O)N(CC#N)C2CCCC2)c1Cl. The van der Waals surface area contributed by atoms with Crippen molar-refractivity contribution in [2.45, 2.75) is 38.6 Å². The van der Waals surface area contributed by atoms with Gasteiger partial charge in [-0.25, -0.2) is 0 Å². The first kappa shape index (κ1) is 13.9. The minimum Gasteiger partial charge on any atom is -0.322 e. The maximum atomic E-state index is 12.6. The summed E-state index contributed by atoms with van der Waals surface area (Å²) in [6.07, 6.45) is 4.22. The second kappa shape index (κ2) is 6.08. The van der Waals surface area contributed by atoms with Crippen LogP contribution in [0.1, 0.15) is 41.6 Å². The van der Waals surface area contributed by atoms with Gasteiger partial charge in [0.2, 0.25) is 0 Å². The van der Waals surface area contributed by atoms with Gasteiger partial charge in [0.25, 0.3) is 5.91 Å². The van der Waals surface area contributed by atoms with Crippen molar-refractivity contribution in [2.75, 3.05) is 6.54 Å². The normalized spacial score (nSPS) is 15.2. The Morgan fingerprint density at radius 3 is 2.79 bits per heavy atom. The predicted octanol–water partition coefficient (Wildman–Crippen LogP) is 3.56. The predicted molar refractivity (Wildman–Crippen MR) is 75.1 cm³/mol. The molecular formula is C15H17ClN2O. The van der Waals surface area contributed by atoms with Gasteiger partial charge in [0.1, 0.15) is 6.54 Å². The molecule has 1 amide bonds. The van der Waals surface area contributed by atoms with E-state index in [2.05, 4.69) is 6.07 Å². The number of aryl methyl sites for hydroxylation is 1. The van der Waals surface area contributed by atoms with Gasteiger partial charge in [0.15, 0.2) is 0 Å². The maximum absolute atomic E-state index is 12.6. The Morgan fingerprint density at radius 2 is 2.16 bits per heavy atom. The molecular weight excluding hydrogens is 260 g/mol. The van der Waals surface area contributed by atoms with Crippen molar-refractivity contribution in [3.8, 4) is 6.07 Å². The van der Waals surface area contributed by atoms with Gasteiger partial charge >= 0.3 is 0 Å². The molecule has 3 nitrogen and oxygen atoms in total. The molecule has 1 aromatic carbocycles. The number of rotatable bonds is 3. The van der Waals surface area contributed by atoms with Crippen LogP contribution in [-0.2, 0) is 0 Å². The molecule has 0 spiro atoms. The van der Waals surface area contributed by atoms with E-state index in [4.69, 9.17) is 16.9 Å². The number of carbonyl (C=O) groups is 1. The summed E-state index contributed by atoms with van der Waals surface area (Å²) in [7, 11) is 0. The Labute approximate surface area is 118 Å². The number of nitriles is 1. The van der Waals surface area contributed by atoms with Crippen molar-refractivity contribution >= 4 is 17.5 Å². The average Bonchev–Trinajstić information content (AvgIpc) is 2.92. The van der Waals surface area contributed by atoms with Gasteiger partial charge in [-0.1, -0.05) is 36.6 Å². The highest BCUT2D eigenvalue weighted by atomic mass is 35.5. The van der Waals surface area contributed by atoms with Crippen molar-refractivity contribution < 1.29 is 4.79 Å². The van der Waals surface area contributed by atoms with Gasteiger partial charge in [-0.05, 0) is 31.4 Å². The highest BCUT2D eigenvalue weighted by molar-refractivity contribution is 6.34. The molecule has 4 heteroatoms. The molecule has 0 heterocycles. The standard InChI is InChI=1S/C15H17ClN2O/c1-11-5-4-8-13(14(11)16)15(19)18(10-9-17)12-6-2-3-7-12/h4-5,8,12H,2-3,6-7,10H2,1H3. The smallest absolute Gasteiger partial charge is 0.256 e. The van der Waals surface area contributed by atoms with Crippen molar-refractivity contribution in [3.05, 3.63) is 34.3 Å².